The molecule has 0 saturated heterocycles. The molecule has 7 heteroatoms. The van der Waals surface area contributed by atoms with Crippen molar-refractivity contribution < 1.29 is 0 Å². The van der Waals surface area contributed by atoms with Gasteiger partial charge in [-0.05, 0) is 30.2 Å². The SMILES string of the molecule is Cc1ccccc1-c1csc2c(=O)n(Cc3cc(=O)n4ccccc4n3)cnc12. The second kappa shape index (κ2) is 6.79. The molecule has 1 aromatic carbocycles. The Morgan fingerprint density at radius 3 is 2.72 bits per heavy atom. The quantitative estimate of drug-likeness (QED) is 0.465. The van der Waals surface area contributed by atoms with Crippen molar-refractivity contribution in [2.45, 2.75) is 13.5 Å². The zero-order valence-corrected chi connectivity index (χ0v) is 16.4. The predicted octanol–water partition coefficient (Wildman–Crippen LogP) is 3.49. The molecular formula is C22H16N4O2S. The first-order chi connectivity index (χ1) is 14.1. The Labute approximate surface area is 169 Å². The number of hydrogen-bond donors (Lipinski definition) is 0. The van der Waals surface area contributed by atoms with Crippen LogP contribution in [0.25, 0.3) is 27.0 Å². The number of thiophene rings is 1. The summed E-state index contributed by atoms with van der Waals surface area (Å²) in [6.45, 7) is 2.24. The largest absolute Gasteiger partial charge is 0.292 e. The number of benzene rings is 1. The minimum atomic E-state index is -0.175. The van der Waals surface area contributed by atoms with Crippen molar-refractivity contribution in [2.24, 2.45) is 0 Å². The van der Waals surface area contributed by atoms with E-state index in [1.165, 1.54) is 32.7 Å². The van der Waals surface area contributed by atoms with E-state index in [0.717, 1.165) is 16.7 Å². The average molecular weight is 400 g/mol. The molecular weight excluding hydrogens is 384 g/mol. The third-order valence-corrected chi connectivity index (χ3v) is 5.89. The number of rotatable bonds is 3. The Kier molecular flexibility index (Phi) is 4.10. The fourth-order valence-corrected chi connectivity index (χ4v) is 4.45. The average Bonchev–Trinajstić information content (AvgIpc) is 3.15. The molecule has 0 aliphatic rings. The molecule has 0 aliphatic heterocycles. The van der Waals surface area contributed by atoms with Gasteiger partial charge in [-0.1, -0.05) is 30.3 Å². The Morgan fingerprint density at radius 1 is 1.03 bits per heavy atom. The maximum absolute atomic E-state index is 13.0. The van der Waals surface area contributed by atoms with E-state index >= 15 is 0 Å². The molecule has 0 saturated carbocycles. The molecule has 5 aromatic rings. The smallest absolute Gasteiger partial charge is 0.271 e. The molecule has 0 radical (unpaired) electrons. The first-order valence-corrected chi connectivity index (χ1v) is 10.00. The van der Waals surface area contributed by atoms with Crippen LogP contribution in [-0.4, -0.2) is 18.9 Å². The highest BCUT2D eigenvalue weighted by atomic mass is 32.1. The summed E-state index contributed by atoms with van der Waals surface area (Å²) in [5, 5.41) is 1.98. The number of aryl methyl sites for hydroxylation is 1. The van der Waals surface area contributed by atoms with Gasteiger partial charge in [0.25, 0.3) is 11.1 Å². The van der Waals surface area contributed by atoms with E-state index in [-0.39, 0.29) is 17.7 Å². The van der Waals surface area contributed by atoms with E-state index in [0.29, 0.717) is 21.6 Å². The lowest BCUT2D eigenvalue weighted by molar-refractivity contribution is 0.728. The molecule has 4 heterocycles. The Bertz CT molecular complexity index is 1500. The van der Waals surface area contributed by atoms with Crippen molar-refractivity contribution in [3.05, 3.63) is 98.4 Å². The van der Waals surface area contributed by atoms with Gasteiger partial charge in [-0.15, -0.1) is 11.3 Å². The summed E-state index contributed by atoms with van der Waals surface area (Å²) in [5.41, 5.74) is 4.66. The van der Waals surface area contributed by atoms with Crippen LogP contribution in [0.1, 0.15) is 11.3 Å². The van der Waals surface area contributed by atoms with Crippen LogP contribution in [0, 0.1) is 6.92 Å². The van der Waals surface area contributed by atoms with Gasteiger partial charge in [0.2, 0.25) is 0 Å². The molecule has 4 aromatic heterocycles. The molecule has 0 N–H and O–H groups in total. The van der Waals surface area contributed by atoms with Gasteiger partial charge in [-0.3, -0.25) is 18.6 Å². The number of aromatic nitrogens is 4. The van der Waals surface area contributed by atoms with Crippen LogP contribution in [0.2, 0.25) is 0 Å². The summed E-state index contributed by atoms with van der Waals surface area (Å²) in [4.78, 5) is 34.4. The highest BCUT2D eigenvalue weighted by Gasteiger charge is 2.14. The minimum absolute atomic E-state index is 0.130. The lowest BCUT2D eigenvalue weighted by atomic mass is 10.0. The molecule has 0 atom stereocenters. The molecule has 5 rings (SSSR count). The predicted molar refractivity (Wildman–Crippen MR) is 115 cm³/mol. The third kappa shape index (κ3) is 2.96. The summed E-state index contributed by atoms with van der Waals surface area (Å²) in [6, 6.07) is 14.9. The maximum Gasteiger partial charge on any atom is 0.271 e. The summed E-state index contributed by atoms with van der Waals surface area (Å²) < 4.78 is 3.58. The van der Waals surface area contributed by atoms with Crippen LogP contribution in [0.15, 0.2) is 76.0 Å². The normalized spacial score (nSPS) is 11.3. The second-order valence-electron chi connectivity index (χ2n) is 6.83. The van der Waals surface area contributed by atoms with Crippen LogP contribution < -0.4 is 11.1 Å². The van der Waals surface area contributed by atoms with Crippen LogP contribution in [-0.2, 0) is 6.54 Å². The number of fused-ring (bicyclic) bond motifs is 2. The maximum atomic E-state index is 13.0. The van der Waals surface area contributed by atoms with Gasteiger partial charge in [0.15, 0.2) is 0 Å². The highest BCUT2D eigenvalue weighted by molar-refractivity contribution is 7.17. The van der Waals surface area contributed by atoms with Gasteiger partial charge in [0, 0.05) is 23.2 Å². The van der Waals surface area contributed by atoms with Gasteiger partial charge in [0.1, 0.15) is 10.3 Å². The van der Waals surface area contributed by atoms with Crippen LogP contribution in [0.3, 0.4) is 0 Å². The van der Waals surface area contributed by atoms with Crippen molar-refractivity contribution >= 4 is 27.2 Å². The van der Waals surface area contributed by atoms with Crippen LogP contribution in [0.5, 0.6) is 0 Å². The molecule has 0 fully saturated rings. The summed E-state index contributed by atoms with van der Waals surface area (Å²) >= 11 is 1.39. The standard InChI is InChI=1S/C22H16N4O2S/c1-14-6-2-3-7-16(14)17-12-29-21-20(17)23-13-25(22(21)28)11-15-10-19(27)26-9-5-4-8-18(26)24-15/h2-10,12-13H,11H2,1H3. The van der Waals surface area contributed by atoms with E-state index in [4.69, 9.17) is 0 Å². The van der Waals surface area contributed by atoms with Crippen LogP contribution in [0.4, 0.5) is 0 Å². The van der Waals surface area contributed by atoms with Crippen LogP contribution >= 0.6 is 11.3 Å². The van der Waals surface area contributed by atoms with Crippen molar-refractivity contribution in [2.75, 3.05) is 0 Å². The van der Waals surface area contributed by atoms with E-state index in [1.54, 1.807) is 18.3 Å². The third-order valence-electron chi connectivity index (χ3n) is 4.94. The molecule has 0 bridgehead atoms. The number of hydrogen-bond acceptors (Lipinski definition) is 5. The lowest BCUT2D eigenvalue weighted by Crippen LogP contribution is -2.23. The first kappa shape index (κ1) is 17.5. The number of nitrogens with zero attached hydrogens (tertiary/aromatic N) is 4. The van der Waals surface area contributed by atoms with Gasteiger partial charge in [0.05, 0.1) is 24.1 Å². The molecule has 0 aliphatic carbocycles. The fraction of sp³-hybridized carbons (Fsp3) is 0.0909. The number of pyridine rings is 1. The van der Waals surface area contributed by atoms with Gasteiger partial charge in [-0.2, -0.15) is 0 Å². The second-order valence-corrected chi connectivity index (χ2v) is 7.71. The minimum Gasteiger partial charge on any atom is -0.292 e. The Morgan fingerprint density at radius 2 is 1.86 bits per heavy atom. The first-order valence-electron chi connectivity index (χ1n) is 9.12. The molecule has 142 valence electrons. The highest BCUT2D eigenvalue weighted by Crippen LogP contribution is 2.32. The summed E-state index contributed by atoms with van der Waals surface area (Å²) in [6.07, 6.45) is 3.21. The molecule has 6 nitrogen and oxygen atoms in total. The zero-order valence-electron chi connectivity index (χ0n) is 15.6. The van der Waals surface area contributed by atoms with Crippen molar-refractivity contribution in [3.63, 3.8) is 0 Å². The van der Waals surface area contributed by atoms with E-state index in [9.17, 15) is 9.59 Å². The van der Waals surface area contributed by atoms with Crippen molar-refractivity contribution in [3.8, 4) is 11.1 Å². The molecule has 29 heavy (non-hydrogen) atoms. The topological polar surface area (TPSA) is 69.3 Å². The zero-order chi connectivity index (χ0) is 20.0. The molecule has 0 unspecified atom stereocenters. The Balaban J connectivity index is 1.59. The van der Waals surface area contributed by atoms with E-state index in [1.807, 2.05) is 42.6 Å². The lowest BCUT2D eigenvalue weighted by Gasteiger charge is -2.07. The van der Waals surface area contributed by atoms with Gasteiger partial charge in [-0.25, -0.2) is 9.97 Å². The molecule has 0 amide bonds. The monoisotopic (exact) mass is 400 g/mol. The van der Waals surface area contributed by atoms with E-state index < -0.39 is 0 Å². The van der Waals surface area contributed by atoms with Crippen molar-refractivity contribution in [1.29, 1.82) is 0 Å². The van der Waals surface area contributed by atoms with Gasteiger partial charge < -0.3 is 0 Å². The van der Waals surface area contributed by atoms with Gasteiger partial charge >= 0.3 is 0 Å². The summed E-state index contributed by atoms with van der Waals surface area (Å²) in [7, 11) is 0. The van der Waals surface area contributed by atoms with Crippen molar-refractivity contribution in [1.82, 2.24) is 18.9 Å². The van der Waals surface area contributed by atoms with E-state index in [2.05, 4.69) is 9.97 Å². The fourth-order valence-electron chi connectivity index (χ4n) is 3.48. The Hall–Kier alpha value is -3.58. The summed E-state index contributed by atoms with van der Waals surface area (Å²) in [5.74, 6) is 0. The molecule has 0 spiro atoms.